The zero-order valence-electron chi connectivity index (χ0n) is 15.1. The Morgan fingerprint density at radius 1 is 1.00 bits per heavy atom. The molecule has 0 saturated carbocycles. The van der Waals surface area contributed by atoms with Crippen LogP contribution in [0.2, 0.25) is 0 Å². The quantitative estimate of drug-likeness (QED) is 0.504. The average Bonchev–Trinajstić information content (AvgIpc) is 3.22. The van der Waals surface area contributed by atoms with Gasteiger partial charge in [-0.15, -0.1) is 0 Å². The van der Waals surface area contributed by atoms with Crippen LogP contribution in [0.15, 0.2) is 73.1 Å². The zero-order chi connectivity index (χ0) is 18.5. The highest BCUT2D eigenvalue weighted by atomic mass is 16.5. The number of fused-ring (bicyclic) bond motifs is 1. The lowest BCUT2D eigenvalue weighted by atomic mass is 10.0. The van der Waals surface area contributed by atoms with Crippen molar-refractivity contribution in [2.45, 2.75) is 19.4 Å². The maximum absolute atomic E-state index is 5.84. The standard InChI is InChI=1S/C22H22N4O/c23-22-10-9-18-14-19(8-4-13-27-16-17-6-2-1-3-7-17)21(15-20(18)25-22)26-12-5-11-24-26/h1-3,5-7,9-12,14-15H,4,8,13,16H2,(H2,23,25). The first-order valence-electron chi connectivity index (χ1n) is 9.10. The third-order valence-electron chi connectivity index (χ3n) is 4.51. The van der Waals surface area contributed by atoms with Gasteiger partial charge in [0, 0.05) is 24.4 Å². The molecule has 4 rings (SSSR count). The minimum Gasteiger partial charge on any atom is -0.384 e. The van der Waals surface area contributed by atoms with E-state index in [1.165, 1.54) is 11.1 Å². The van der Waals surface area contributed by atoms with Crippen LogP contribution in [-0.2, 0) is 17.8 Å². The fourth-order valence-electron chi connectivity index (χ4n) is 3.18. The summed E-state index contributed by atoms with van der Waals surface area (Å²) in [6.45, 7) is 1.36. The van der Waals surface area contributed by atoms with Crippen molar-refractivity contribution in [2.75, 3.05) is 12.3 Å². The van der Waals surface area contributed by atoms with Gasteiger partial charge < -0.3 is 10.5 Å². The molecule has 5 nitrogen and oxygen atoms in total. The van der Waals surface area contributed by atoms with E-state index in [1.807, 2.05) is 47.3 Å². The Morgan fingerprint density at radius 3 is 2.70 bits per heavy atom. The summed E-state index contributed by atoms with van der Waals surface area (Å²) in [7, 11) is 0. The summed E-state index contributed by atoms with van der Waals surface area (Å²) in [4.78, 5) is 4.44. The molecule has 2 aromatic heterocycles. The van der Waals surface area contributed by atoms with Gasteiger partial charge >= 0.3 is 0 Å². The number of ether oxygens (including phenoxy) is 1. The molecule has 0 atom stereocenters. The lowest BCUT2D eigenvalue weighted by molar-refractivity contribution is 0.118. The number of benzene rings is 2. The number of nitrogen functional groups attached to an aromatic ring is 1. The van der Waals surface area contributed by atoms with E-state index < -0.39 is 0 Å². The van der Waals surface area contributed by atoms with E-state index in [0.29, 0.717) is 19.0 Å². The topological polar surface area (TPSA) is 66.0 Å². The Labute approximate surface area is 158 Å². The third kappa shape index (κ3) is 4.15. The first kappa shape index (κ1) is 17.2. The molecule has 0 fully saturated rings. The molecule has 2 N–H and O–H groups in total. The van der Waals surface area contributed by atoms with Crippen LogP contribution in [0.5, 0.6) is 0 Å². The van der Waals surface area contributed by atoms with E-state index in [4.69, 9.17) is 10.5 Å². The molecule has 5 heteroatoms. The van der Waals surface area contributed by atoms with Crippen LogP contribution < -0.4 is 5.73 Å². The normalized spacial score (nSPS) is 11.1. The van der Waals surface area contributed by atoms with Gasteiger partial charge in [0.15, 0.2) is 0 Å². The minimum atomic E-state index is 0.524. The maximum Gasteiger partial charge on any atom is 0.124 e. The second-order valence-electron chi connectivity index (χ2n) is 6.50. The Hall–Kier alpha value is -3.18. The summed E-state index contributed by atoms with van der Waals surface area (Å²) >= 11 is 0. The highest BCUT2D eigenvalue weighted by Gasteiger charge is 2.09. The first-order valence-corrected chi connectivity index (χ1v) is 9.10. The van der Waals surface area contributed by atoms with Gasteiger partial charge in [-0.1, -0.05) is 30.3 Å². The molecule has 0 aliphatic heterocycles. The molecule has 0 aliphatic rings. The third-order valence-corrected chi connectivity index (χ3v) is 4.51. The lowest BCUT2D eigenvalue weighted by Gasteiger charge is -2.12. The van der Waals surface area contributed by atoms with Crippen LogP contribution in [0.4, 0.5) is 5.82 Å². The van der Waals surface area contributed by atoms with Crippen LogP contribution in [0.1, 0.15) is 17.5 Å². The number of hydrogen-bond donors (Lipinski definition) is 1. The summed E-state index contributed by atoms with van der Waals surface area (Å²) < 4.78 is 7.70. The summed E-state index contributed by atoms with van der Waals surface area (Å²) in [6, 6.07) is 20.2. The Kier molecular flexibility index (Phi) is 5.12. The molecule has 0 spiro atoms. The van der Waals surface area contributed by atoms with Gasteiger partial charge in [-0.2, -0.15) is 5.10 Å². The molecular weight excluding hydrogens is 336 g/mol. The largest absolute Gasteiger partial charge is 0.384 e. The van der Waals surface area contributed by atoms with Crippen molar-refractivity contribution in [1.29, 1.82) is 0 Å². The van der Waals surface area contributed by atoms with Crippen molar-refractivity contribution in [1.82, 2.24) is 14.8 Å². The van der Waals surface area contributed by atoms with E-state index in [9.17, 15) is 0 Å². The van der Waals surface area contributed by atoms with Gasteiger partial charge in [0.05, 0.1) is 17.8 Å². The van der Waals surface area contributed by atoms with Gasteiger partial charge in [-0.25, -0.2) is 9.67 Å². The highest BCUT2D eigenvalue weighted by molar-refractivity contribution is 5.83. The predicted octanol–water partition coefficient (Wildman–Crippen LogP) is 4.15. The number of aryl methyl sites for hydroxylation is 1. The summed E-state index contributed by atoms with van der Waals surface area (Å²) in [5.41, 5.74) is 10.2. The van der Waals surface area contributed by atoms with Gasteiger partial charge in [0.1, 0.15) is 5.82 Å². The Morgan fingerprint density at radius 2 is 1.89 bits per heavy atom. The number of rotatable bonds is 7. The molecule has 0 radical (unpaired) electrons. The molecule has 2 heterocycles. The van der Waals surface area contributed by atoms with Crippen molar-refractivity contribution in [2.24, 2.45) is 0 Å². The molecule has 4 aromatic rings. The smallest absolute Gasteiger partial charge is 0.124 e. The molecule has 0 unspecified atom stereocenters. The predicted molar refractivity (Wildman–Crippen MR) is 108 cm³/mol. The second-order valence-corrected chi connectivity index (χ2v) is 6.50. The number of nitrogens with two attached hydrogens (primary N) is 1. The van der Waals surface area contributed by atoms with E-state index in [1.54, 1.807) is 6.20 Å². The summed E-state index contributed by atoms with van der Waals surface area (Å²) in [5, 5.41) is 5.47. The number of hydrogen-bond acceptors (Lipinski definition) is 4. The molecule has 0 amide bonds. The molecule has 2 aromatic carbocycles. The van der Waals surface area contributed by atoms with Gasteiger partial charge in [0.2, 0.25) is 0 Å². The monoisotopic (exact) mass is 358 g/mol. The maximum atomic E-state index is 5.84. The van der Waals surface area contributed by atoms with E-state index in [0.717, 1.165) is 29.4 Å². The van der Waals surface area contributed by atoms with Crippen LogP contribution in [0.3, 0.4) is 0 Å². The zero-order valence-corrected chi connectivity index (χ0v) is 15.1. The minimum absolute atomic E-state index is 0.524. The fraction of sp³-hybridized carbons (Fsp3) is 0.182. The van der Waals surface area contributed by atoms with E-state index >= 15 is 0 Å². The van der Waals surface area contributed by atoms with Crippen LogP contribution in [0, 0.1) is 0 Å². The van der Waals surface area contributed by atoms with Crippen LogP contribution in [-0.4, -0.2) is 21.4 Å². The van der Waals surface area contributed by atoms with Crippen LogP contribution in [0.25, 0.3) is 16.6 Å². The number of nitrogens with zero attached hydrogens (tertiary/aromatic N) is 3. The van der Waals surface area contributed by atoms with Crippen LogP contribution >= 0.6 is 0 Å². The van der Waals surface area contributed by atoms with Gasteiger partial charge in [-0.3, -0.25) is 0 Å². The van der Waals surface area contributed by atoms with Crippen molar-refractivity contribution >= 4 is 16.7 Å². The van der Waals surface area contributed by atoms with Crippen molar-refractivity contribution in [3.8, 4) is 5.69 Å². The first-order chi connectivity index (χ1) is 13.3. The Bertz CT molecular complexity index is 1010. The van der Waals surface area contributed by atoms with Crippen molar-refractivity contribution < 1.29 is 4.74 Å². The molecule has 27 heavy (non-hydrogen) atoms. The summed E-state index contributed by atoms with van der Waals surface area (Å²) in [5.74, 6) is 0.524. The number of aromatic nitrogens is 3. The van der Waals surface area contributed by atoms with Gasteiger partial charge in [0.25, 0.3) is 0 Å². The lowest BCUT2D eigenvalue weighted by Crippen LogP contribution is -2.04. The molecule has 0 bridgehead atoms. The van der Waals surface area contributed by atoms with Crippen molar-refractivity contribution in [3.05, 3.63) is 84.2 Å². The highest BCUT2D eigenvalue weighted by Crippen LogP contribution is 2.24. The number of anilines is 1. The fourth-order valence-corrected chi connectivity index (χ4v) is 3.18. The second kappa shape index (κ2) is 8.01. The average molecular weight is 358 g/mol. The molecular formula is C22H22N4O. The molecule has 0 aliphatic carbocycles. The van der Waals surface area contributed by atoms with E-state index in [-0.39, 0.29) is 0 Å². The summed E-state index contributed by atoms with van der Waals surface area (Å²) in [6.07, 6.45) is 5.58. The molecule has 136 valence electrons. The Balaban J connectivity index is 1.48. The molecule has 0 saturated heterocycles. The van der Waals surface area contributed by atoms with E-state index in [2.05, 4.69) is 34.3 Å². The number of pyridine rings is 1. The van der Waals surface area contributed by atoms with Gasteiger partial charge in [-0.05, 0) is 54.3 Å². The van der Waals surface area contributed by atoms with Crippen molar-refractivity contribution in [3.63, 3.8) is 0 Å². The SMILES string of the molecule is Nc1ccc2cc(CCCOCc3ccccc3)c(-n3cccn3)cc2n1.